The zero-order valence-corrected chi connectivity index (χ0v) is 22.5. The van der Waals surface area contributed by atoms with E-state index in [9.17, 15) is 20.2 Å². The van der Waals surface area contributed by atoms with Crippen LogP contribution in [0.4, 0.5) is 5.69 Å². The summed E-state index contributed by atoms with van der Waals surface area (Å²) < 4.78 is 7.99. The Hall–Kier alpha value is -4.36. The summed E-state index contributed by atoms with van der Waals surface area (Å²) in [4.78, 5) is 29.8. The predicted octanol–water partition coefficient (Wildman–Crippen LogP) is 6.45. The maximum absolute atomic E-state index is 13.6. The largest absolute Gasteiger partial charge is 0.481 e. The van der Waals surface area contributed by atoms with E-state index in [4.69, 9.17) is 9.72 Å². The van der Waals surface area contributed by atoms with Gasteiger partial charge in [0, 0.05) is 27.6 Å². The highest BCUT2D eigenvalue weighted by Gasteiger charge is 2.23. The van der Waals surface area contributed by atoms with E-state index < -0.39 is 4.92 Å². The van der Waals surface area contributed by atoms with Crippen LogP contribution in [-0.2, 0) is 6.61 Å². The minimum atomic E-state index is -0.530. The number of hydrogen-bond acceptors (Lipinski definition) is 7. The van der Waals surface area contributed by atoms with Crippen molar-refractivity contribution in [1.29, 1.82) is 5.26 Å². The molecule has 39 heavy (non-hydrogen) atoms. The lowest BCUT2D eigenvalue weighted by Gasteiger charge is -2.22. The van der Waals surface area contributed by atoms with Crippen LogP contribution in [0.3, 0.4) is 0 Å². The fraction of sp³-hybridized carbons (Fsp3) is 0.241. The van der Waals surface area contributed by atoms with Gasteiger partial charge in [0.15, 0.2) is 0 Å². The number of fused-ring (bicyclic) bond motifs is 1. The number of aromatic nitrogens is 2. The molecule has 3 aromatic carbocycles. The lowest BCUT2D eigenvalue weighted by molar-refractivity contribution is -0.385. The number of halogens is 1. The average molecular weight is 586 g/mol. The van der Waals surface area contributed by atoms with Crippen molar-refractivity contribution < 1.29 is 9.66 Å². The molecule has 196 valence electrons. The fourth-order valence-corrected chi connectivity index (χ4v) is 5.23. The highest BCUT2D eigenvalue weighted by atomic mass is 79.9. The van der Waals surface area contributed by atoms with Crippen LogP contribution in [-0.4, -0.2) is 20.8 Å². The van der Waals surface area contributed by atoms with Crippen molar-refractivity contribution in [3.05, 3.63) is 108 Å². The molecule has 1 fully saturated rings. The number of ether oxygens (including phenoxy) is 1. The van der Waals surface area contributed by atoms with E-state index in [1.165, 1.54) is 23.0 Å². The summed E-state index contributed by atoms with van der Waals surface area (Å²) >= 11 is 3.42. The number of nitrogens with zero attached hydrogens (tertiary/aromatic N) is 5. The SMILES string of the molecule is N#Cc1ccccc1COc1c(C=Nn2c(C3CCCCC3)nc3ccc(Br)cc3c2=O)cccc1[N+](=O)[O-]. The molecule has 0 radical (unpaired) electrons. The molecule has 1 heterocycles. The Bertz CT molecular complexity index is 1690. The number of nitro groups is 1. The molecule has 0 spiro atoms. The molecule has 4 aromatic rings. The summed E-state index contributed by atoms with van der Waals surface area (Å²) in [5.41, 5.74) is 1.40. The molecule has 5 rings (SSSR count). The van der Waals surface area contributed by atoms with Gasteiger partial charge in [-0.2, -0.15) is 15.0 Å². The minimum absolute atomic E-state index is 0.00255. The summed E-state index contributed by atoms with van der Waals surface area (Å²) in [6, 6.07) is 18.9. The Morgan fingerprint density at radius 1 is 1.15 bits per heavy atom. The second-order valence-corrected chi connectivity index (χ2v) is 10.3. The molecule has 0 bridgehead atoms. The number of nitro benzene ring substituents is 1. The second-order valence-electron chi connectivity index (χ2n) is 9.34. The van der Waals surface area contributed by atoms with Gasteiger partial charge in [0.2, 0.25) is 5.75 Å². The van der Waals surface area contributed by atoms with Crippen molar-refractivity contribution in [1.82, 2.24) is 9.66 Å². The summed E-state index contributed by atoms with van der Waals surface area (Å²) in [5.74, 6) is 0.671. The third kappa shape index (κ3) is 5.59. The normalized spacial score (nSPS) is 13.9. The van der Waals surface area contributed by atoms with Gasteiger partial charge >= 0.3 is 5.69 Å². The Morgan fingerprint density at radius 2 is 1.95 bits per heavy atom. The van der Waals surface area contributed by atoms with E-state index in [1.54, 1.807) is 36.4 Å². The lowest BCUT2D eigenvalue weighted by atomic mass is 9.88. The van der Waals surface area contributed by atoms with Gasteiger partial charge in [-0.25, -0.2) is 4.98 Å². The molecule has 1 aliphatic carbocycles. The first-order valence-electron chi connectivity index (χ1n) is 12.6. The Morgan fingerprint density at radius 3 is 2.72 bits per heavy atom. The standard InChI is InChI=1S/C29H24BrN5O4/c30-23-13-14-25-24(15-23)29(36)34(28(33-25)19-7-2-1-3-8-19)32-17-21-11-6-12-26(35(37)38)27(21)39-18-22-10-5-4-9-20(22)16-31/h4-6,9-15,17,19H,1-3,7-8,18H2. The molecule has 1 aromatic heterocycles. The number of nitriles is 1. The van der Waals surface area contributed by atoms with Crippen molar-refractivity contribution >= 4 is 38.7 Å². The van der Waals surface area contributed by atoms with Crippen molar-refractivity contribution in [3.63, 3.8) is 0 Å². The Labute approximate surface area is 232 Å². The quantitative estimate of drug-likeness (QED) is 0.139. The van der Waals surface area contributed by atoms with Crippen LogP contribution >= 0.6 is 15.9 Å². The molecular formula is C29H24BrN5O4. The maximum atomic E-state index is 13.6. The van der Waals surface area contributed by atoms with Crippen molar-refractivity contribution in [2.24, 2.45) is 5.10 Å². The third-order valence-corrected chi connectivity index (χ3v) is 7.34. The van der Waals surface area contributed by atoms with Crippen LogP contribution in [0, 0.1) is 21.4 Å². The second kappa shape index (κ2) is 11.6. The van der Waals surface area contributed by atoms with Gasteiger partial charge in [-0.05, 0) is 43.2 Å². The van der Waals surface area contributed by atoms with E-state index in [-0.39, 0.29) is 29.5 Å². The first-order chi connectivity index (χ1) is 19.0. The van der Waals surface area contributed by atoms with Gasteiger partial charge in [-0.3, -0.25) is 14.9 Å². The van der Waals surface area contributed by atoms with Crippen LogP contribution in [0.15, 0.2) is 75.0 Å². The van der Waals surface area contributed by atoms with Gasteiger partial charge in [0.25, 0.3) is 5.56 Å². The van der Waals surface area contributed by atoms with Crippen molar-refractivity contribution in [3.8, 4) is 11.8 Å². The van der Waals surface area contributed by atoms with Crippen LogP contribution in [0.2, 0.25) is 0 Å². The highest BCUT2D eigenvalue weighted by molar-refractivity contribution is 9.10. The zero-order valence-electron chi connectivity index (χ0n) is 20.9. The molecule has 1 aliphatic rings. The molecule has 10 heteroatoms. The number of hydrogen-bond donors (Lipinski definition) is 0. The smallest absolute Gasteiger partial charge is 0.311 e. The highest BCUT2D eigenvalue weighted by Crippen LogP contribution is 2.33. The topological polar surface area (TPSA) is 123 Å². The first kappa shape index (κ1) is 26.3. The molecule has 0 aliphatic heterocycles. The van der Waals surface area contributed by atoms with E-state index in [0.29, 0.717) is 33.4 Å². The van der Waals surface area contributed by atoms with Gasteiger partial charge in [0.05, 0.1) is 33.7 Å². The number of rotatable bonds is 7. The Balaban J connectivity index is 1.59. The first-order valence-corrected chi connectivity index (χ1v) is 13.4. The van der Waals surface area contributed by atoms with Crippen molar-refractivity contribution in [2.75, 3.05) is 0 Å². The Kier molecular flexibility index (Phi) is 7.79. The number of benzene rings is 3. The fourth-order valence-electron chi connectivity index (χ4n) is 4.87. The maximum Gasteiger partial charge on any atom is 0.311 e. The van der Waals surface area contributed by atoms with Crippen LogP contribution < -0.4 is 10.3 Å². The summed E-state index contributed by atoms with van der Waals surface area (Å²) in [7, 11) is 0. The zero-order chi connectivity index (χ0) is 27.4. The van der Waals surface area contributed by atoms with Gasteiger partial charge in [0.1, 0.15) is 12.4 Å². The number of para-hydroxylation sites is 1. The third-order valence-electron chi connectivity index (χ3n) is 6.85. The molecule has 0 N–H and O–H groups in total. The molecule has 1 saturated carbocycles. The molecule has 0 unspecified atom stereocenters. The van der Waals surface area contributed by atoms with E-state index in [1.807, 2.05) is 12.1 Å². The summed E-state index contributed by atoms with van der Waals surface area (Å²) in [6.07, 6.45) is 6.47. The molecule has 9 nitrogen and oxygen atoms in total. The monoisotopic (exact) mass is 585 g/mol. The molecule has 0 amide bonds. The lowest BCUT2D eigenvalue weighted by Crippen LogP contribution is -2.25. The van der Waals surface area contributed by atoms with Crippen LogP contribution in [0.1, 0.15) is 60.5 Å². The van der Waals surface area contributed by atoms with Crippen LogP contribution in [0.25, 0.3) is 10.9 Å². The average Bonchev–Trinajstić information content (AvgIpc) is 2.96. The van der Waals surface area contributed by atoms with Gasteiger partial charge in [-0.1, -0.05) is 59.5 Å². The van der Waals surface area contributed by atoms with Crippen molar-refractivity contribution in [2.45, 2.75) is 44.6 Å². The predicted molar refractivity (Wildman–Crippen MR) is 151 cm³/mol. The summed E-state index contributed by atoms with van der Waals surface area (Å²) in [6.45, 7) is -0.0474. The van der Waals surface area contributed by atoms with E-state index in [2.05, 4.69) is 27.1 Å². The minimum Gasteiger partial charge on any atom is -0.481 e. The van der Waals surface area contributed by atoms with E-state index in [0.717, 1.165) is 36.6 Å². The van der Waals surface area contributed by atoms with Crippen LogP contribution in [0.5, 0.6) is 5.75 Å². The molecular weight excluding hydrogens is 562 g/mol. The summed E-state index contributed by atoms with van der Waals surface area (Å²) in [5, 5.41) is 26.2. The molecule has 0 atom stereocenters. The van der Waals surface area contributed by atoms with Gasteiger partial charge in [-0.15, -0.1) is 0 Å². The van der Waals surface area contributed by atoms with Gasteiger partial charge < -0.3 is 4.74 Å². The molecule has 0 saturated heterocycles. The van der Waals surface area contributed by atoms with E-state index >= 15 is 0 Å².